The van der Waals surface area contributed by atoms with Crippen LogP contribution in [0.25, 0.3) is 11.1 Å². The zero-order chi connectivity index (χ0) is 24.5. The predicted molar refractivity (Wildman–Crippen MR) is 127 cm³/mol. The Morgan fingerprint density at radius 2 is 1.69 bits per heavy atom. The average Bonchev–Trinajstić information content (AvgIpc) is 3.35. The molecule has 1 aliphatic carbocycles. The van der Waals surface area contributed by atoms with Crippen LogP contribution in [0.3, 0.4) is 0 Å². The first-order valence-corrected chi connectivity index (χ1v) is 11.5. The zero-order valence-corrected chi connectivity index (χ0v) is 19.3. The van der Waals surface area contributed by atoms with Crippen LogP contribution in [-0.2, 0) is 23.1 Å². The number of likely N-dealkylation sites (tertiary alicyclic amines) is 1. The van der Waals surface area contributed by atoms with Gasteiger partial charge in [0.2, 0.25) is 0 Å². The molecule has 2 heterocycles. The van der Waals surface area contributed by atoms with Crippen molar-refractivity contribution in [2.24, 2.45) is 13.0 Å². The second kappa shape index (κ2) is 9.25. The summed E-state index contributed by atoms with van der Waals surface area (Å²) in [5, 5.41) is 15.8. The Kier molecular flexibility index (Phi) is 5.98. The number of carbonyl (C=O) groups is 3. The Bertz CT molecular complexity index is 1250. The fourth-order valence-corrected chi connectivity index (χ4v) is 4.97. The summed E-state index contributed by atoms with van der Waals surface area (Å²) in [6, 6.07) is 16.3. The summed E-state index contributed by atoms with van der Waals surface area (Å²) in [7, 11) is 1.67. The van der Waals surface area contributed by atoms with Gasteiger partial charge in [0.1, 0.15) is 12.3 Å². The van der Waals surface area contributed by atoms with Gasteiger partial charge >= 0.3 is 12.1 Å². The third-order valence-electron chi connectivity index (χ3n) is 6.69. The second-order valence-corrected chi connectivity index (χ2v) is 9.00. The summed E-state index contributed by atoms with van der Waals surface area (Å²) in [6.45, 7) is 1.10. The minimum Gasteiger partial charge on any atom is -0.481 e. The molecule has 0 spiro atoms. The summed E-state index contributed by atoms with van der Waals surface area (Å²) in [5.74, 6) is -1.16. The number of carboxylic acid groups (broad SMARTS) is 1. The summed E-state index contributed by atoms with van der Waals surface area (Å²) in [6.07, 6.45) is 1.02. The molecule has 0 bridgehead atoms. The van der Waals surface area contributed by atoms with Gasteiger partial charge in [-0.2, -0.15) is 5.10 Å². The van der Waals surface area contributed by atoms with E-state index < -0.39 is 12.1 Å². The van der Waals surface area contributed by atoms with Crippen molar-refractivity contribution in [2.45, 2.75) is 18.9 Å². The van der Waals surface area contributed by atoms with E-state index in [1.54, 1.807) is 18.1 Å². The predicted octanol–water partition coefficient (Wildman–Crippen LogP) is 3.01. The molecule has 35 heavy (non-hydrogen) atoms. The SMILES string of the molecule is Cn1ncc(CNC(=O)OCC2c3ccccc3-c3ccccc32)c1C(=O)N1CC(CC(=O)O)C1. The third kappa shape index (κ3) is 4.37. The van der Waals surface area contributed by atoms with Crippen LogP contribution >= 0.6 is 0 Å². The highest BCUT2D eigenvalue weighted by Crippen LogP contribution is 2.44. The molecule has 9 heteroatoms. The van der Waals surface area contributed by atoms with E-state index in [2.05, 4.69) is 34.7 Å². The monoisotopic (exact) mass is 474 g/mol. The van der Waals surface area contributed by atoms with Crippen molar-refractivity contribution in [3.8, 4) is 11.1 Å². The molecule has 0 atom stereocenters. The van der Waals surface area contributed by atoms with Gasteiger partial charge in [-0.15, -0.1) is 0 Å². The molecule has 1 saturated heterocycles. The van der Waals surface area contributed by atoms with E-state index in [1.165, 1.54) is 4.68 Å². The number of aryl methyl sites for hydroxylation is 1. The van der Waals surface area contributed by atoms with E-state index in [0.29, 0.717) is 24.3 Å². The maximum Gasteiger partial charge on any atom is 0.407 e. The van der Waals surface area contributed by atoms with Crippen molar-refractivity contribution >= 4 is 18.0 Å². The molecular weight excluding hydrogens is 448 g/mol. The van der Waals surface area contributed by atoms with Crippen LogP contribution < -0.4 is 5.32 Å². The normalized spacial score (nSPS) is 14.7. The van der Waals surface area contributed by atoms with Crippen molar-refractivity contribution in [2.75, 3.05) is 19.7 Å². The highest BCUT2D eigenvalue weighted by atomic mass is 16.5. The fraction of sp³-hybridized carbons (Fsp3) is 0.308. The lowest BCUT2D eigenvalue weighted by molar-refractivity contribution is -0.139. The van der Waals surface area contributed by atoms with Crippen LogP contribution in [0.2, 0.25) is 0 Å². The molecule has 1 aromatic heterocycles. The topological polar surface area (TPSA) is 114 Å². The maximum atomic E-state index is 12.9. The number of aliphatic carboxylic acids is 1. The zero-order valence-electron chi connectivity index (χ0n) is 19.3. The second-order valence-electron chi connectivity index (χ2n) is 9.00. The van der Waals surface area contributed by atoms with Gasteiger partial charge < -0.3 is 20.1 Å². The number of ether oxygens (including phenoxy) is 1. The van der Waals surface area contributed by atoms with Gasteiger partial charge in [0.15, 0.2) is 0 Å². The van der Waals surface area contributed by atoms with Crippen molar-refractivity contribution in [1.82, 2.24) is 20.0 Å². The lowest BCUT2D eigenvalue weighted by Crippen LogP contribution is -2.51. The molecule has 2 amide bonds. The number of aromatic nitrogens is 2. The van der Waals surface area contributed by atoms with Gasteiger partial charge in [-0.25, -0.2) is 4.79 Å². The number of hydrogen-bond acceptors (Lipinski definition) is 5. The van der Waals surface area contributed by atoms with Crippen LogP contribution in [-0.4, -0.2) is 57.5 Å². The maximum absolute atomic E-state index is 12.9. The smallest absolute Gasteiger partial charge is 0.407 e. The molecule has 0 radical (unpaired) electrons. The molecular formula is C26H26N4O5. The van der Waals surface area contributed by atoms with Gasteiger partial charge in [0.05, 0.1) is 19.2 Å². The Morgan fingerprint density at radius 1 is 1.06 bits per heavy atom. The molecule has 2 N–H and O–H groups in total. The highest BCUT2D eigenvalue weighted by molar-refractivity contribution is 5.94. The number of fused-ring (bicyclic) bond motifs is 3. The van der Waals surface area contributed by atoms with Gasteiger partial charge in [-0.1, -0.05) is 48.5 Å². The number of carboxylic acids is 1. The van der Waals surface area contributed by atoms with Crippen molar-refractivity contribution in [3.63, 3.8) is 0 Å². The molecule has 3 aromatic rings. The standard InChI is InChI=1S/C26H26N4O5/c1-29-24(25(33)30-13-16(14-30)10-23(31)32)17(12-28-29)11-27-26(34)35-15-22-20-8-4-2-6-18(20)19-7-3-5-9-21(19)22/h2-9,12,16,22H,10-11,13-15H2,1H3,(H,27,34)(H,31,32). The Morgan fingerprint density at radius 3 is 2.31 bits per heavy atom. The Hall–Kier alpha value is -4.14. The van der Waals surface area contributed by atoms with E-state index >= 15 is 0 Å². The van der Waals surface area contributed by atoms with E-state index in [-0.39, 0.29) is 37.3 Å². The molecule has 0 unspecified atom stereocenters. The average molecular weight is 475 g/mol. The molecule has 2 aliphatic rings. The first-order valence-electron chi connectivity index (χ1n) is 11.5. The van der Waals surface area contributed by atoms with Crippen LogP contribution in [0.4, 0.5) is 4.79 Å². The third-order valence-corrected chi connectivity index (χ3v) is 6.69. The number of alkyl carbamates (subject to hydrolysis) is 1. The molecule has 180 valence electrons. The van der Waals surface area contributed by atoms with Crippen molar-refractivity contribution in [1.29, 1.82) is 0 Å². The number of benzene rings is 2. The van der Waals surface area contributed by atoms with Gasteiger partial charge in [-0.05, 0) is 22.3 Å². The largest absolute Gasteiger partial charge is 0.481 e. The molecule has 5 rings (SSSR count). The lowest BCUT2D eigenvalue weighted by atomic mass is 9.96. The summed E-state index contributed by atoms with van der Waals surface area (Å²) < 4.78 is 7.04. The van der Waals surface area contributed by atoms with Crippen molar-refractivity contribution < 1.29 is 24.2 Å². The summed E-state index contributed by atoms with van der Waals surface area (Å²) in [4.78, 5) is 37.9. The first-order chi connectivity index (χ1) is 16.9. The molecule has 9 nitrogen and oxygen atoms in total. The minimum absolute atomic E-state index is 0.0335. The number of nitrogens with one attached hydrogen (secondary N) is 1. The van der Waals surface area contributed by atoms with Gasteiger partial charge in [0, 0.05) is 37.5 Å². The van der Waals surface area contributed by atoms with Crippen LogP contribution in [0.1, 0.15) is 39.5 Å². The first kappa shape index (κ1) is 22.6. The van der Waals surface area contributed by atoms with E-state index in [9.17, 15) is 14.4 Å². The number of amides is 2. The number of nitrogens with zero attached hydrogens (tertiary/aromatic N) is 3. The Labute approximate surface area is 202 Å². The molecule has 1 aliphatic heterocycles. The van der Waals surface area contributed by atoms with Crippen molar-refractivity contribution in [3.05, 3.63) is 77.1 Å². The minimum atomic E-state index is -0.865. The highest BCUT2D eigenvalue weighted by Gasteiger charge is 2.35. The quantitative estimate of drug-likeness (QED) is 0.544. The van der Waals surface area contributed by atoms with E-state index in [4.69, 9.17) is 9.84 Å². The fourth-order valence-electron chi connectivity index (χ4n) is 4.97. The molecule has 1 fully saturated rings. The number of rotatable bonds is 7. The van der Waals surface area contributed by atoms with E-state index in [0.717, 1.165) is 22.3 Å². The lowest BCUT2D eigenvalue weighted by Gasteiger charge is -2.38. The van der Waals surface area contributed by atoms with E-state index in [1.807, 2.05) is 24.3 Å². The molecule has 2 aromatic carbocycles. The van der Waals surface area contributed by atoms with Gasteiger partial charge in [-0.3, -0.25) is 14.3 Å². The van der Waals surface area contributed by atoms with Crippen LogP contribution in [0, 0.1) is 5.92 Å². The van der Waals surface area contributed by atoms with Crippen LogP contribution in [0.15, 0.2) is 54.7 Å². The molecule has 0 saturated carbocycles. The summed E-state index contributed by atoms with van der Waals surface area (Å²) >= 11 is 0. The van der Waals surface area contributed by atoms with Crippen LogP contribution in [0.5, 0.6) is 0 Å². The number of hydrogen-bond donors (Lipinski definition) is 2. The number of carbonyl (C=O) groups excluding carboxylic acids is 2. The van der Waals surface area contributed by atoms with Gasteiger partial charge in [0.25, 0.3) is 5.91 Å². The Balaban J connectivity index is 1.19. The summed E-state index contributed by atoms with van der Waals surface area (Å²) in [5.41, 5.74) is 5.54.